The molecule has 0 spiro atoms. The van der Waals surface area contributed by atoms with E-state index in [1.165, 1.54) is 19.4 Å². The highest BCUT2D eigenvalue weighted by Gasteiger charge is 2.27. The first-order valence-electron chi connectivity index (χ1n) is 9.53. The zero-order valence-electron chi connectivity index (χ0n) is 16.2. The Balaban J connectivity index is 1.70. The molecule has 25 heavy (non-hydrogen) atoms. The van der Waals surface area contributed by atoms with Gasteiger partial charge in [0.25, 0.3) is 0 Å². The minimum absolute atomic E-state index is 0.583. The van der Waals surface area contributed by atoms with Crippen molar-refractivity contribution in [2.24, 2.45) is 10.9 Å². The Morgan fingerprint density at radius 1 is 1.12 bits per heavy atom. The third-order valence-electron chi connectivity index (χ3n) is 5.16. The Morgan fingerprint density at radius 3 is 2.72 bits per heavy atom. The Bertz CT molecular complexity index is 395. The molecule has 2 fully saturated rings. The quantitative estimate of drug-likeness (QED) is 0.353. The van der Waals surface area contributed by atoms with Crippen LogP contribution in [-0.2, 0) is 14.2 Å². The zero-order chi connectivity index (χ0) is 17.9. The van der Waals surface area contributed by atoms with Crippen LogP contribution in [0, 0.1) is 5.92 Å². The van der Waals surface area contributed by atoms with Crippen LogP contribution in [0.1, 0.15) is 19.3 Å². The number of guanidine groups is 1. The minimum Gasteiger partial charge on any atom is -0.383 e. The van der Waals surface area contributed by atoms with Crippen molar-refractivity contribution in [3.05, 3.63) is 0 Å². The van der Waals surface area contributed by atoms with Gasteiger partial charge in [-0.1, -0.05) is 0 Å². The van der Waals surface area contributed by atoms with Gasteiger partial charge < -0.3 is 24.4 Å². The second kappa shape index (κ2) is 11.7. The maximum Gasteiger partial charge on any atom is 0.193 e. The van der Waals surface area contributed by atoms with Crippen LogP contribution in [0.4, 0.5) is 0 Å². The molecule has 2 aliphatic rings. The predicted molar refractivity (Wildman–Crippen MR) is 100 cm³/mol. The summed E-state index contributed by atoms with van der Waals surface area (Å²) in [5.74, 6) is 1.61. The number of aliphatic imine (C=N–C) groups is 1. The van der Waals surface area contributed by atoms with Gasteiger partial charge in [-0.2, -0.15) is 0 Å². The highest BCUT2D eigenvalue weighted by molar-refractivity contribution is 5.80. The molecular weight excluding hydrogens is 320 g/mol. The highest BCUT2D eigenvalue weighted by atomic mass is 16.5. The molecular formula is C18H36N4O3. The van der Waals surface area contributed by atoms with Crippen molar-refractivity contribution in [1.82, 2.24) is 15.1 Å². The lowest BCUT2D eigenvalue weighted by atomic mass is 10.1. The van der Waals surface area contributed by atoms with E-state index in [0.717, 1.165) is 51.8 Å². The Morgan fingerprint density at radius 2 is 1.96 bits per heavy atom. The zero-order valence-corrected chi connectivity index (χ0v) is 16.2. The van der Waals surface area contributed by atoms with Crippen LogP contribution in [0.25, 0.3) is 0 Å². The summed E-state index contributed by atoms with van der Waals surface area (Å²) in [6.07, 6.45) is 3.69. The molecule has 0 aromatic heterocycles. The van der Waals surface area contributed by atoms with E-state index in [4.69, 9.17) is 14.2 Å². The molecule has 7 heteroatoms. The molecule has 2 saturated heterocycles. The average molecular weight is 357 g/mol. The Labute approximate surface area is 152 Å². The van der Waals surface area contributed by atoms with Crippen LogP contribution in [0.5, 0.6) is 0 Å². The topological polar surface area (TPSA) is 58.6 Å². The molecule has 2 heterocycles. The molecule has 7 nitrogen and oxygen atoms in total. The summed E-state index contributed by atoms with van der Waals surface area (Å²) >= 11 is 0. The second-order valence-corrected chi connectivity index (χ2v) is 6.92. The van der Waals surface area contributed by atoms with E-state index in [1.807, 2.05) is 7.05 Å². The predicted octanol–water partition coefficient (Wildman–Crippen LogP) is 0.658. The van der Waals surface area contributed by atoms with Crippen molar-refractivity contribution in [2.45, 2.75) is 25.3 Å². The average Bonchev–Trinajstić information content (AvgIpc) is 3.27. The first-order chi connectivity index (χ1) is 12.3. The molecule has 0 aliphatic carbocycles. The van der Waals surface area contributed by atoms with Crippen LogP contribution in [0.3, 0.4) is 0 Å². The summed E-state index contributed by atoms with van der Waals surface area (Å²) in [4.78, 5) is 9.38. The van der Waals surface area contributed by atoms with E-state index in [1.54, 1.807) is 14.2 Å². The minimum atomic E-state index is 0.583. The standard InChI is InChI=1S/C18H36N4O3/c1-19-18(20-13-17-5-4-7-21(17)9-10-23-2)22-8-6-16(14-22)15-25-12-11-24-3/h16-17H,4-15H2,1-3H3,(H,19,20). The molecule has 0 amide bonds. The number of rotatable bonds is 10. The van der Waals surface area contributed by atoms with Crippen molar-refractivity contribution in [3.63, 3.8) is 0 Å². The lowest BCUT2D eigenvalue weighted by Gasteiger charge is -2.27. The van der Waals surface area contributed by atoms with Crippen LogP contribution < -0.4 is 5.32 Å². The van der Waals surface area contributed by atoms with Crippen molar-refractivity contribution >= 4 is 5.96 Å². The molecule has 0 bridgehead atoms. The summed E-state index contributed by atoms with van der Waals surface area (Å²) < 4.78 is 15.9. The molecule has 146 valence electrons. The van der Waals surface area contributed by atoms with E-state index in [0.29, 0.717) is 25.2 Å². The van der Waals surface area contributed by atoms with E-state index in [2.05, 4.69) is 20.1 Å². The van der Waals surface area contributed by atoms with E-state index in [9.17, 15) is 0 Å². The number of likely N-dealkylation sites (tertiary alicyclic amines) is 2. The van der Waals surface area contributed by atoms with E-state index in [-0.39, 0.29) is 0 Å². The summed E-state index contributed by atoms with van der Waals surface area (Å²) in [6, 6.07) is 0.586. The summed E-state index contributed by atoms with van der Waals surface area (Å²) in [7, 11) is 5.35. The van der Waals surface area contributed by atoms with Crippen molar-refractivity contribution < 1.29 is 14.2 Å². The Kier molecular flexibility index (Phi) is 9.54. The van der Waals surface area contributed by atoms with E-state index < -0.39 is 0 Å². The molecule has 2 aliphatic heterocycles. The van der Waals surface area contributed by atoms with Gasteiger partial charge in [0.15, 0.2) is 5.96 Å². The second-order valence-electron chi connectivity index (χ2n) is 6.92. The molecule has 1 N–H and O–H groups in total. The molecule has 0 saturated carbocycles. The van der Waals surface area contributed by atoms with Crippen LogP contribution >= 0.6 is 0 Å². The van der Waals surface area contributed by atoms with Crippen LogP contribution in [0.2, 0.25) is 0 Å². The number of ether oxygens (including phenoxy) is 3. The molecule has 2 rings (SSSR count). The SMILES string of the molecule is CN=C(NCC1CCCN1CCOC)N1CCC(COCCOC)C1. The third kappa shape index (κ3) is 6.73. The number of methoxy groups -OCH3 is 2. The van der Waals surface area contributed by atoms with Gasteiger partial charge in [0.1, 0.15) is 0 Å². The fourth-order valence-corrected chi connectivity index (χ4v) is 3.72. The number of hydrogen-bond acceptors (Lipinski definition) is 5. The van der Waals surface area contributed by atoms with E-state index >= 15 is 0 Å². The van der Waals surface area contributed by atoms with Gasteiger partial charge in [0.05, 0.1) is 26.4 Å². The largest absolute Gasteiger partial charge is 0.383 e. The number of nitrogens with one attached hydrogen (secondary N) is 1. The van der Waals surface area contributed by atoms with Gasteiger partial charge >= 0.3 is 0 Å². The fraction of sp³-hybridized carbons (Fsp3) is 0.944. The Hall–Kier alpha value is -0.890. The summed E-state index contributed by atoms with van der Waals surface area (Å²) in [5.41, 5.74) is 0. The monoisotopic (exact) mass is 356 g/mol. The maximum atomic E-state index is 5.68. The van der Waals surface area contributed by atoms with Gasteiger partial charge in [0.2, 0.25) is 0 Å². The van der Waals surface area contributed by atoms with Crippen LogP contribution in [-0.4, -0.2) is 102 Å². The van der Waals surface area contributed by atoms with Gasteiger partial charge in [-0.15, -0.1) is 0 Å². The highest BCUT2D eigenvalue weighted by Crippen LogP contribution is 2.18. The lowest BCUT2D eigenvalue weighted by molar-refractivity contribution is 0.0536. The maximum absolute atomic E-state index is 5.68. The van der Waals surface area contributed by atoms with Crippen molar-refractivity contribution in [2.75, 3.05) is 80.4 Å². The van der Waals surface area contributed by atoms with Gasteiger partial charge in [-0.25, -0.2) is 0 Å². The van der Waals surface area contributed by atoms with Gasteiger partial charge in [0, 0.05) is 59.4 Å². The molecule has 0 aromatic carbocycles. The first kappa shape index (κ1) is 20.4. The summed E-state index contributed by atoms with van der Waals surface area (Å²) in [6.45, 7) is 8.19. The van der Waals surface area contributed by atoms with Crippen molar-refractivity contribution in [3.8, 4) is 0 Å². The summed E-state index contributed by atoms with van der Waals surface area (Å²) in [5, 5.41) is 3.59. The van der Waals surface area contributed by atoms with Crippen LogP contribution in [0.15, 0.2) is 4.99 Å². The third-order valence-corrected chi connectivity index (χ3v) is 5.16. The van der Waals surface area contributed by atoms with Gasteiger partial charge in [-0.3, -0.25) is 9.89 Å². The molecule has 2 unspecified atom stereocenters. The number of hydrogen-bond donors (Lipinski definition) is 1. The smallest absolute Gasteiger partial charge is 0.193 e. The van der Waals surface area contributed by atoms with Gasteiger partial charge in [-0.05, 0) is 25.8 Å². The lowest BCUT2D eigenvalue weighted by Crippen LogP contribution is -2.46. The normalized spacial score (nSPS) is 25.1. The molecule has 0 radical (unpaired) electrons. The fourth-order valence-electron chi connectivity index (χ4n) is 3.72. The number of nitrogens with zero attached hydrogens (tertiary/aromatic N) is 3. The molecule has 0 aromatic rings. The van der Waals surface area contributed by atoms with Crippen molar-refractivity contribution in [1.29, 1.82) is 0 Å². The molecule has 2 atom stereocenters. The first-order valence-corrected chi connectivity index (χ1v) is 9.53.